The minimum absolute atomic E-state index is 0.115. The lowest BCUT2D eigenvalue weighted by Crippen LogP contribution is -2.28. The van der Waals surface area contributed by atoms with Crippen molar-refractivity contribution >= 4 is 11.7 Å². The minimum Gasteiger partial charge on any atom is -0.392 e. The second-order valence-corrected chi connectivity index (χ2v) is 4.37. The van der Waals surface area contributed by atoms with Gasteiger partial charge in [-0.05, 0) is 6.07 Å². The van der Waals surface area contributed by atoms with Gasteiger partial charge in [0, 0.05) is 17.2 Å². The molecule has 0 saturated carbocycles. The molecule has 4 heteroatoms. The lowest BCUT2D eigenvalue weighted by molar-refractivity contribution is -0.123. The average Bonchev–Trinajstić information content (AvgIpc) is 2.17. The average molecular weight is 208 g/mol. The van der Waals surface area contributed by atoms with Crippen LogP contribution in [0.25, 0.3) is 0 Å². The fourth-order valence-corrected chi connectivity index (χ4v) is 0.974. The molecule has 0 aromatic carbocycles. The molecule has 4 nitrogen and oxygen atoms in total. The number of nitrogens with one attached hydrogen (secondary N) is 1. The normalized spacial score (nSPS) is 11.2. The first-order valence-electron chi connectivity index (χ1n) is 4.81. The highest BCUT2D eigenvalue weighted by atomic mass is 16.3. The number of pyridine rings is 1. The van der Waals surface area contributed by atoms with Gasteiger partial charge in [-0.3, -0.25) is 4.79 Å². The van der Waals surface area contributed by atoms with Gasteiger partial charge < -0.3 is 10.4 Å². The Bertz CT molecular complexity index is 356. The molecule has 1 heterocycles. The van der Waals surface area contributed by atoms with Gasteiger partial charge in [0.15, 0.2) is 0 Å². The minimum atomic E-state index is -0.468. The smallest absolute Gasteiger partial charge is 0.230 e. The molecule has 0 atom stereocenters. The molecule has 0 spiro atoms. The van der Waals surface area contributed by atoms with Crippen LogP contribution >= 0.6 is 0 Å². The summed E-state index contributed by atoms with van der Waals surface area (Å²) in [5, 5.41) is 11.7. The van der Waals surface area contributed by atoms with E-state index in [4.69, 9.17) is 5.11 Å². The van der Waals surface area contributed by atoms with Crippen LogP contribution in [-0.2, 0) is 11.4 Å². The van der Waals surface area contributed by atoms with Crippen LogP contribution in [0.15, 0.2) is 18.3 Å². The van der Waals surface area contributed by atoms with Gasteiger partial charge >= 0.3 is 0 Å². The topological polar surface area (TPSA) is 62.2 Å². The molecule has 1 aromatic rings. The Morgan fingerprint density at radius 2 is 2.20 bits per heavy atom. The van der Waals surface area contributed by atoms with Gasteiger partial charge in [0.1, 0.15) is 5.82 Å². The molecule has 15 heavy (non-hydrogen) atoms. The Morgan fingerprint density at radius 3 is 2.73 bits per heavy atom. The Morgan fingerprint density at radius 1 is 1.53 bits per heavy atom. The van der Waals surface area contributed by atoms with Crippen LogP contribution in [-0.4, -0.2) is 16.0 Å². The first-order chi connectivity index (χ1) is 6.95. The number of carbonyl (C=O) groups is 1. The fourth-order valence-electron chi connectivity index (χ4n) is 0.974. The first kappa shape index (κ1) is 11.7. The third-order valence-corrected chi connectivity index (χ3v) is 1.97. The maximum absolute atomic E-state index is 11.7. The molecule has 2 N–H and O–H groups in total. The summed E-state index contributed by atoms with van der Waals surface area (Å²) in [6, 6.07) is 3.45. The van der Waals surface area contributed by atoms with E-state index in [-0.39, 0.29) is 12.5 Å². The zero-order valence-corrected chi connectivity index (χ0v) is 9.24. The van der Waals surface area contributed by atoms with E-state index in [1.165, 1.54) is 0 Å². The van der Waals surface area contributed by atoms with Gasteiger partial charge in [0.2, 0.25) is 5.91 Å². The predicted octanol–water partition coefficient (Wildman–Crippen LogP) is 1.56. The molecular weight excluding hydrogens is 192 g/mol. The molecule has 0 bridgehead atoms. The number of aliphatic hydroxyl groups is 1. The molecule has 0 aliphatic heterocycles. The van der Waals surface area contributed by atoms with E-state index in [2.05, 4.69) is 10.3 Å². The van der Waals surface area contributed by atoms with Gasteiger partial charge in [-0.2, -0.15) is 0 Å². The van der Waals surface area contributed by atoms with E-state index < -0.39 is 5.41 Å². The summed E-state index contributed by atoms with van der Waals surface area (Å²) in [7, 11) is 0. The monoisotopic (exact) mass is 208 g/mol. The summed E-state index contributed by atoms with van der Waals surface area (Å²) in [6.07, 6.45) is 1.58. The third-order valence-electron chi connectivity index (χ3n) is 1.97. The van der Waals surface area contributed by atoms with Crippen molar-refractivity contribution in [2.24, 2.45) is 5.41 Å². The highest BCUT2D eigenvalue weighted by molar-refractivity contribution is 5.94. The van der Waals surface area contributed by atoms with E-state index in [0.717, 1.165) is 0 Å². The number of aliphatic hydroxyl groups excluding tert-OH is 1. The zero-order chi connectivity index (χ0) is 11.5. The van der Waals surface area contributed by atoms with Crippen molar-refractivity contribution in [3.8, 4) is 0 Å². The Kier molecular flexibility index (Phi) is 3.42. The Balaban J connectivity index is 2.85. The number of nitrogens with zero attached hydrogens (tertiary/aromatic N) is 1. The number of aromatic nitrogens is 1. The van der Waals surface area contributed by atoms with Crippen molar-refractivity contribution in [1.82, 2.24) is 4.98 Å². The van der Waals surface area contributed by atoms with Gasteiger partial charge in [-0.15, -0.1) is 0 Å². The van der Waals surface area contributed by atoms with E-state index in [0.29, 0.717) is 11.4 Å². The van der Waals surface area contributed by atoms with Crippen LogP contribution < -0.4 is 5.32 Å². The van der Waals surface area contributed by atoms with Gasteiger partial charge in [-0.25, -0.2) is 4.98 Å². The number of anilines is 1. The van der Waals surface area contributed by atoms with Crippen LogP contribution in [0.2, 0.25) is 0 Å². The summed E-state index contributed by atoms with van der Waals surface area (Å²) in [5.41, 5.74) is 0.152. The molecule has 0 fully saturated rings. The van der Waals surface area contributed by atoms with Crippen molar-refractivity contribution in [1.29, 1.82) is 0 Å². The van der Waals surface area contributed by atoms with Crippen molar-refractivity contribution in [3.05, 3.63) is 23.9 Å². The lowest BCUT2D eigenvalue weighted by atomic mass is 9.95. The molecule has 0 radical (unpaired) electrons. The second-order valence-electron chi connectivity index (χ2n) is 4.37. The van der Waals surface area contributed by atoms with Crippen LogP contribution in [0.3, 0.4) is 0 Å². The van der Waals surface area contributed by atoms with Gasteiger partial charge in [0.05, 0.1) is 6.61 Å². The largest absolute Gasteiger partial charge is 0.392 e. The maximum atomic E-state index is 11.7. The number of rotatable bonds is 2. The highest BCUT2D eigenvalue weighted by Gasteiger charge is 2.22. The molecule has 1 rings (SSSR count). The van der Waals surface area contributed by atoms with Crippen molar-refractivity contribution < 1.29 is 9.90 Å². The summed E-state index contributed by atoms with van der Waals surface area (Å²) in [4.78, 5) is 15.7. The lowest BCUT2D eigenvalue weighted by Gasteiger charge is -2.18. The first-order valence-corrected chi connectivity index (χ1v) is 4.81. The predicted molar refractivity (Wildman–Crippen MR) is 58.2 cm³/mol. The van der Waals surface area contributed by atoms with Gasteiger partial charge in [-0.1, -0.05) is 26.8 Å². The zero-order valence-electron chi connectivity index (χ0n) is 9.24. The highest BCUT2D eigenvalue weighted by Crippen LogP contribution is 2.18. The van der Waals surface area contributed by atoms with Gasteiger partial charge in [0.25, 0.3) is 0 Å². The van der Waals surface area contributed by atoms with Crippen molar-refractivity contribution in [2.75, 3.05) is 5.32 Å². The summed E-state index contributed by atoms with van der Waals surface area (Å²) in [5.74, 6) is 0.316. The molecule has 0 saturated heterocycles. The van der Waals surface area contributed by atoms with Crippen LogP contribution in [0.5, 0.6) is 0 Å². The maximum Gasteiger partial charge on any atom is 0.230 e. The van der Waals surface area contributed by atoms with E-state index in [1.807, 2.05) is 20.8 Å². The third kappa shape index (κ3) is 3.02. The molecular formula is C11H16N2O2. The SMILES string of the molecule is CC(C)(C)C(=O)Nc1ncccc1CO. The molecule has 1 aromatic heterocycles. The molecule has 0 aliphatic carbocycles. The van der Waals surface area contributed by atoms with E-state index in [9.17, 15) is 4.79 Å². The summed E-state index contributed by atoms with van der Waals surface area (Å²) < 4.78 is 0. The molecule has 1 amide bonds. The number of hydrogen-bond donors (Lipinski definition) is 2. The van der Waals surface area contributed by atoms with Crippen molar-refractivity contribution in [3.63, 3.8) is 0 Å². The van der Waals surface area contributed by atoms with Crippen LogP contribution in [0.1, 0.15) is 26.3 Å². The summed E-state index contributed by atoms with van der Waals surface area (Å²) >= 11 is 0. The molecule has 82 valence electrons. The standard InChI is InChI=1S/C11H16N2O2/c1-11(2,3)10(15)13-9-8(7-14)5-4-6-12-9/h4-6,14H,7H2,1-3H3,(H,12,13,15). The Labute approximate surface area is 89.3 Å². The number of amides is 1. The second kappa shape index (κ2) is 4.40. The quantitative estimate of drug-likeness (QED) is 0.775. The van der Waals surface area contributed by atoms with E-state index >= 15 is 0 Å². The van der Waals surface area contributed by atoms with E-state index in [1.54, 1.807) is 18.3 Å². The fraction of sp³-hybridized carbons (Fsp3) is 0.455. The van der Waals surface area contributed by atoms with Crippen molar-refractivity contribution in [2.45, 2.75) is 27.4 Å². The molecule has 0 aliphatic rings. The van der Waals surface area contributed by atoms with Crippen LogP contribution in [0, 0.1) is 5.41 Å². The summed E-state index contributed by atoms with van der Waals surface area (Å²) in [6.45, 7) is 5.34. The Hall–Kier alpha value is -1.42. The number of hydrogen-bond acceptors (Lipinski definition) is 3. The van der Waals surface area contributed by atoms with Crippen LogP contribution in [0.4, 0.5) is 5.82 Å². The molecule has 0 unspecified atom stereocenters. The number of carbonyl (C=O) groups excluding carboxylic acids is 1.